The Morgan fingerprint density at radius 2 is 1.86 bits per heavy atom. The van der Waals surface area contributed by atoms with Gasteiger partial charge in [0.2, 0.25) is 0 Å². The van der Waals surface area contributed by atoms with Gasteiger partial charge in [0, 0.05) is 17.9 Å². The van der Waals surface area contributed by atoms with Crippen molar-refractivity contribution < 1.29 is 4.79 Å². The van der Waals surface area contributed by atoms with Crippen LogP contribution in [0.25, 0.3) is 11.1 Å². The predicted octanol–water partition coefficient (Wildman–Crippen LogP) is 6.69. The summed E-state index contributed by atoms with van der Waals surface area (Å²) in [5, 5.41) is 3.48. The van der Waals surface area contributed by atoms with Gasteiger partial charge in [0.15, 0.2) is 5.78 Å². The van der Waals surface area contributed by atoms with E-state index in [-0.39, 0.29) is 0 Å². The third kappa shape index (κ3) is 3.04. The van der Waals surface area contributed by atoms with E-state index in [9.17, 15) is 4.79 Å². The largest absolute Gasteiger partial charge is 0.384 e. The first-order chi connectivity index (χ1) is 14.2. The third-order valence-corrected chi connectivity index (χ3v) is 7.55. The Morgan fingerprint density at radius 3 is 2.62 bits per heavy atom. The summed E-state index contributed by atoms with van der Waals surface area (Å²) < 4.78 is 0. The molecular formula is C27H31NO. The zero-order chi connectivity index (χ0) is 20.0. The van der Waals surface area contributed by atoms with Crippen LogP contribution in [-0.2, 0) is 6.42 Å². The highest BCUT2D eigenvalue weighted by molar-refractivity contribution is 6.03. The molecule has 3 aliphatic rings. The zero-order valence-electron chi connectivity index (χ0n) is 17.6. The Labute approximate surface area is 174 Å². The molecule has 2 aliphatic carbocycles. The average Bonchev–Trinajstić information content (AvgIpc) is 3.47. The predicted molar refractivity (Wildman–Crippen MR) is 119 cm³/mol. The van der Waals surface area contributed by atoms with Crippen LogP contribution in [-0.4, -0.2) is 5.78 Å². The fraction of sp³-hybridized carbons (Fsp3) is 0.444. The van der Waals surface area contributed by atoms with Crippen LogP contribution in [0.5, 0.6) is 0 Å². The van der Waals surface area contributed by atoms with Gasteiger partial charge in [0.05, 0.1) is 6.04 Å². The molecule has 2 atom stereocenters. The van der Waals surface area contributed by atoms with Crippen molar-refractivity contribution in [1.82, 2.24) is 5.32 Å². The molecule has 29 heavy (non-hydrogen) atoms. The highest BCUT2D eigenvalue weighted by atomic mass is 16.1. The van der Waals surface area contributed by atoms with Crippen molar-refractivity contribution in [2.24, 2.45) is 5.92 Å². The van der Waals surface area contributed by atoms with Crippen molar-refractivity contribution in [1.29, 1.82) is 0 Å². The molecule has 0 fully saturated rings. The molecule has 0 aromatic heterocycles. The number of carbonyl (C=O) groups is 1. The minimum atomic E-state index is 0.322. The van der Waals surface area contributed by atoms with E-state index in [4.69, 9.17) is 0 Å². The topological polar surface area (TPSA) is 29.1 Å². The molecule has 1 heterocycles. The van der Waals surface area contributed by atoms with Crippen LogP contribution in [0.1, 0.15) is 96.9 Å². The summed E-state index contributed by atoms with van der Waals surface area (Å²) in [6.45, 7) is 4.64. The molecule has 2 aromatic carbocycles. The van der Waals surface area contributed by atoms with Gasteiger partial charge in [-0.2, -0.15) is 0 Å². The minimum Gasteiger partial charge on any atom is -0.384 e. The standard InChI is InChI=1S/C27H31NO/c1-3-17(4-2)7-9-19-20-10-8-18(25-6-5-15-28-25)16-24(20)27-22(19)12-11-21-23(27)13-14-26(21)29/h5,8,10-12,15-17,19,25,28H,3-4,6-7,9,13-14H2,1-2H3. The van der Waals surface area contributed by atoms with E-state index in [2.05, 4.69) is 61.8 Å². The molecule has 0 radical (unpaired) electrons. The molecule has 0 bridgehead atoms. The van der Waals surface area contributed by atoms with Crippen molar-refractivity contribution in [2.45, 2.75) is 70.8 Å². The average molecular weight is 386 g/mol. The number of benzene rings is 2. The van der Waals surface area contributed by atoms with E-state index in [0.717, 1.165) is 24.3 Å². The summed E-state index contributed by atoms with van der Waals surface area (Å²) in [7, 11) is 0. The second-order valence-corrected chi connectivity index (χ2v) is 9.00. The van der Waals surface area contributed by atoms with Crippen molar-refractivity contribution in [3.05, 3.63) is 70.4 Å². The number of hydrogen-bond donors (Lipinski definition) is 1. The van der Waals surface area contributed by atoms with Gasteiger partial charge in [0.25, 0.3) is 0 Å². The molecule has 150 valence electrons. The Morgan fingerprint density at radius 1 is 1.03 bits per heavy atom. The summed E-state index contributed by atoms with van der Waals surface area (Å²) in [5.74, 6) is 1.61. The smallest absolute Gasteiger partial charge is 0.163 e. The zero-order valence-corrected chi connectivity index (χ0v) is 17.6. The molecule has 0 amide bonds. The number of carbonyl (C=O) groups excluding carboxylic acids is 1. The normalized spacial score (nSPS) is 21.4. The summed E-state index contributed by atoms with van der Waals surface area (Å²) in [5.41, 5.74) is 9.39. The lowest BCUT2D eigenvalue weighted by atomic mass is 9.86. The number of ketones is 1. The molecule has 0 saturated heterocycles. The van der Waals surface area contributed by atoms with Crippen LogP contribution in [0.3, 0.4) is 0 Å². The SMILES string of the molecule is CCC(CC)CCC1c2ccc(C3CC=CN3)cc2-c2c1ccc1c2CCC1=O. The van der Waals surface area contributed by atoms with Crippen LogP contribution in [0, 0.1) is 5.92 Å². The first-order valence-electron chi connectivity index (χ1n) is 11.5. The quantitative estimate of drug-likeness (QED) is 0.600. The maximum absolute atomic E-state index is 12.4. The minimum absolute atomic E-state index is 0.322. The molecule has 2 aromatic rings. The molecule has 5 rings (SSSR count). The lowest BCUT2D eigenvalue weighted by Gasteiger charge is -2.19. The molecular weight excluding hydrogens is 354 g/mol. The van der Waals surface area contributed by atoms with Gasteiger partial charge in [-0.1, -0.05) is 57.0 Å². The van der Waals surface area contributed by atoms with Gasteiger partial charge in [0.1, 0.15) is 0 Å². The highest BCUT2D eigenvalue weighted by Crippen LogP contribution is 2.51. The van der Waals surface area contributed by atoms with Crippen LogP contribution >= 0.6 is 0 Å². The van der Waals surface area contributed by atoms with Crippen LogP contribution in [0.15, 0.2) is 42.6 Å². The monoisotopic (exact) mass is 385 g/mol. The Bertz CT molecular complexity index is 974. The summed E-state index contributed by atoms with van der Waals surface area (Å²) >= 11 is 0. The first-order valence-corrected chi connectivity index (χ1v) is 11.5. The van der Waals surface area contributed by atoms with Gasteiger partial charge in [-0.15, -0.1) is 0 Å². The van der Waals surface area contributed by atoms with E-state index in [1.54, 1.807) is 0 Å². The number of fused-ring (bicyclic) bond motifs is 5. The Balaban J connectivity index is 1.59. The maximum Gasteiger partial charge on any atom is 0.163 e. The summed E-state index contributed by atoms with van der Waals surface area (Å²) in [4.78, 5) is 12.4. The summed E-state index contributed by atoms with van der Waals surface area (Å²) in [6.07, 6.45) is 11.9. The fourth-order valence-electron chi connectivity index (χ4n) is 5.75. The Hall–Kier alpha value is -2.35. The van der Waals surface area contributed by atoms with Crippen molar-refractivity contribution in [2.75, 3.05) is 0 Å². The van der Waals surface area contributed by atoms with E-state index >= 15 is 0 Å². The number of hydrogen-bond acceptors (Lipinski definition) is 2. The van der Waals surface area contributed by atoms with Gasteiger partial charge >= 0.3 is 0 Å². The van der Waals surface area contributed by atoms with Crippen molar-refractivity contribution in [3.63, 3.8) is 0 Å². The Kier molecular flexibility index (Phi) is 4.81. The second kappa shape index (κ2) is 7.48. The van der Waals surface area contributed by atoms with E-state index in [1.165, 1.54) is 59.1 Å². The molecule has 2 unspecified atom stereocenters. The molecule has 1 aliphatic heterocycles. The van der Waals surface area contributed by atoms with Crippen LogP contribution in [0.4, 0.5) is 0 Å². The lowest BCUT2D eigenvalue weighted by molar-refractivity contribution is 0.0994. The van der Waals surface area contributed by atoms with Gasteiger partial charge < -0.3 is 5.32 Å². The molecule has 2 nitrogen and oxygen atoms in total. The molecule has 1 N–H and O–H groups in total. The molecule has 0 spiro atoms. The number of rotatable bonds is 6. The molecule has 0 saturated carbocycles. The fourth-order valence-corrected chi connectivity index (χ4v) is 5.75. The third-order valence-electron chi connectivity index (χ3n) is 7.55. The first kappa shape index (κ1) is 18.7. The van der Waals surface area contributed by atoms with E-state index in [1.807, 2.05) is 0 Å². The van der Waals surface area contributed by atoms with Crippen molar-refractivity contribution in [3.8, 4) is 11.1 Å². The van der Waals surface area contributed by atoms with E-state index in [0.29, 0.717) is 24.2 Å². The van der Waals surface area contributed by atoms with Gasteiger partial charge in [-0.3, -0.25) is 4.79 Å². The number of Topliss-reactive ketones (excluding diaryl/α,β-unsaturated/α-hetero) is 1. The summed E-state index contributed by atoms with van der Waals surface area (Å²) in [6, 6.07) is 11.9. The second-order valence-electron chi connectivity index (χ2n) is 9.00. The van der Waals surface area contributed by atoms with E-state index < -0.39 is 0 Å². The van der Waals surface area contributed by atoms with Crippen molar-refractivity contribution >= 4 is 5.78 Å². The van der Waals surface area contributed by atoms with Gasteiger partial charge in [-0.05, 0) is 77.2 Å². The van der Waals surface area contributed by atoms with Crippen LogP contribution in [0.2, 0.25) is 0 Å². The van der Waals surface area contributed by atoms with Gasteiger partial charge in [-0.25, -0.2) is 0 Å². The number of nitrogens with one attached hydrogen (secondary N) is 1. The lowest BCUT2D eigenvalue weighted by Crippen LogP contribution is -2.09. The maximum atomic E-state index is 12.4. The molecule has 2 heteroatoms. The highest BCUT2D eigenvalue weighted by Gasteiger charge is 2.35. The van der Waals surface area contributed by atoms with Crippen LogP contribution < -0.4 is 5.32 Å².